The van der Waals surface area contributed by atoms with Gasteiger partial charge in [-0.15, -0.1) is 0 Å². The Labute approximate surface area is 135 Å². The van der Waals surface area contributed by atoms with Crippen LogP contribution in [-0.2, 0) is 4.79 Å². The average Bonchev–Trinajstić information content (AvgIpc) is 3.28. The van der Waals surface area contributed by atoms with E-state index in [4.69, 9.17) is 8.83 Å². The van der Waals surface area contributed by atoms with Gasteiger partial charge < -0.3 is 14.2 Å². The van der Waals surface area contributed by atoms with E-state index in [1.807, 2.05) is 0 Å². The molecule has 1 aliphatic heterocycles. The highest BCUT2D eigenvalue weighted by atomic mass is 16.6. The molecule has 0 unspecified atom stereocenters. The number of furan rings is 2. The van der Waals surface area contributed by atoms with Gasteiger partial charge in [-0.2, -0.15) is 0 Å². The lowest BCUT2D eigenvalue weighted by atomic mass is 10.1. The van der Waals surface area contributed by atoms with Crippen LogP contribution in [0.2, 0.25) is 0 Å². The first kappa shape index (κ1) is 14.0. The molecule has 4 rings (SSSR count). The molecule has 0 aliphatic carbocycles. The number of amides is 1. The van der Waals surface area contributed by atoms with E-state index in [1.54, 1.807) is 30.5 Å². The average molecular weight is 322 g/mol. The third-order valence-electron chi connectivity index (χ3n) is 3.72. The van der Waals surface area contributed by atoms with Gasteiger partial charge in [0.05, 0.1) is 22.3 Å². The number of fused-ring (bicyclic) bond motifs is 1. The Bertz CT molecular complexity index is 982. The summed E-state index contributed by atoms with van der Waals surface area (Å²) >= 11 is 0. The third kappa shape index (κ3) is 2.28. The number of benzene rings is 1. The summed E-state index contributed by atoms with van der Waals surface area (Å²) in [6.45, 7) is 0. The van der Waals surface area contributed by atoms with Gasteiger partial charge in [-0.3, -0.25) is 14.9 Å². The molecule has 7 nitrogen and oxygen atoms in total. The summed E-state index contributed by atoms with van der Waals surface area (Å²) in [5.41, 5.74) is 2.05. The van der Waals surface area contributed by atoms with Crippen LogP contribution in [0.3, 0.4) is 0 Å². The maximum absolute atomic E-state index is 12.1. The largest absolute Gasteiger partial charge is 0.472 e. The fraction of sp³-hybridized carbons (Fsp3) is 0. The molecule has 0 saturated carbocycles. The van der Waals surface area contributed by atoms with E-state index < -0.39 is 4.92 Å². The number of nitro benzene ring substituents is 1. The van der Waals surface area contributed by atoms with E-state index in [0.29, 0.717) is 28.3 Å². The highest BCUT2D eigenvalue weighted by Gasteiger charge is 2.26. The number of non-ortho nitro benzene ring substituents is 1. The van der Waals surface area contributed by atoms with E-state index in [1.165, 1.54) is 24.5 Å². The molecule has 1 aromatic carbocycles. The molecule has 0 fully saturated rings. The maximum atomic E-state index is 12.1. The summed E-state index contributed by atoms with van der Waals surface area (Å²) in [6.07, 6.45) is 4.65. The zero-order chi connectivity index (χ0) is 16.7. The lowest BCUT2D eigenvalue weighted by Gasteiger charge is -1.98. The van der Waals surface area contributed by atoms with Gasteiger partial charge in [0.15, 0.2) is 0 Å². The molecule has 2 aromatic heterocycles. The Morgan fingerprint density at radius 2 is 2.04 bits per heavy atom. The van der Waals surface area contributed by atoms with Crippen LogP contribution in [-0.4, -0.2) is 10.8 Å². The number of anilines is 1. The summed E-state index contributed by atoms with van der Waals surface area (Å²) in [5.74, 6) is 0.746. The molecule has 3 heterocycles. The molecule has 0 atom stereocenters. The molecule has 0 radical (unpaired) electrons. The van der Waals surface area contributed by atoms with Crippen molar-refractivity contribution in [2.75, 3.05) is 5.32 Å². The van der Waals surface area contributed by atoms with E-state index in [-0.39, 0.29) is 11.6 Å². The Hall–Kier alpha value is -3.61. The van der Waals surface area contributed by atoms with Gasteiger partial charge in [0.1, 0.15) is 17.8 Å². The molecular weight excluding hydrogens is 312 g/mol. The molecule has 7 heteroatoms. The highest BCUT2D eigenvalue weighted by Crippen LogP contribution is 2.36. The summed E-state index contributed by atoms with van der Waals surface area (Å²) in [4.78, 5) is 22.6. The van der Waals surface area contributed by atoms with E-state index in [0.717, 1.165) is 5.56 Å². The second-order valence-corrected chi connectivity index (χ2v) is 5.21. The van der Waals surface area contributed by atoms with Crippen LogP contribution in [0, 0.1) is 10.1 Å². The molecule has 1 N–H and O–H groups in total. The first-order valence-corrected chi connectivity index (χ1v) is 7.06. The van der Waals surface area contributed by atoms with E-state index >= 15 is 0 Å². The Morgan fingerprint density at radius 1 is 1.17 bits per heavy atom. The fourth-order valence-corrected chi connectivity index (χ4v) is 2.57. The van der Waals surface area contributed by atoms with Crippen molar-refractivity contribution in [2.45, 2.75) is 0 Å². The van der Waals surface area contributed by atoms with Gasteiger partial charge >= 0.3 is 0 Å². The van der Waals surface area contributed by atoms with E-state index in [9.17, 15) is 14.9 Å². The van der Waals surface area contributed by atoms with Crippen molar-refractivity contribution in [2.24, 2.45) is 0 Å². The maximum Gasteiger partial charge on any atom is 0.270 e. The molecule has 0 spiro atoms. The minimum absolute atomic E-state index is 0.0744. The molecule has 24 heavy (non-hydrogen) atoms. The minimum Gasteiger partial charge on any atom is -0.472 e. The van der Waals surface area contributed by atoms with E-state index in [2.05, 4.69) is 5.32 Å². The van der Waals surface area contributed by atoms with Crippen LogP contribution < -0.4 is 5.32 Å². The number of nitrogens with zero attached hydrogens (tertiary/aromatic N) is 1. The summed E-state index contributed by atoms with van der Waals surface area (Å²) in [7, 11) is 0. The van der Waals surface area contributed by atoms with Crippen molar-refractivity contribution in [1.29, 1.82) is 0 Å². The van der Waals surface area contributed by atoms with Gasteiger partial charge in [0, 0.05) is 23.4 Å². The van der Waals surface area contributed by atoms with Gasteiger partial charge in [-0.1, -0.05) is 0 Å². The highest BCUT2D eigenvalue weighted by molar-refractivity contribution is 6.34. The number of hydrogen-bond donors (Lipinski definition) is 1. The molecule has 0 saturated heterocycles. The Balaban J connectivity index is 1.75. The standard InChI is InChI=1S/C17H10N2O5/c20-17-14(13-7-11(19(21)22)1-3-15(13)18-17)8-12-2-4-16(24-12)10-5-6-23-9-10/h1-9H,(H,18,20)/b14-8+. The van der Waals surface area contributed by atoms with Crippen LogP contribution in [0.4, 0.5) is 11.4 Å². The van der Waals surface area contributed by atoms with Crippen molar-refractivity contribution in [1.82, 2.24) is 0 Å². The van der Waals surface area contributed by atoms with Gasteiger partial charge in [-0.05, 0) is 30.3 Å². The topological polar surface area (TPSA) is 98.5 Å². The summed E-state index contributed by atoms with van der Waals surface area (Å²) < 4.78 is 10.7. The van der Waals surface area contributed by atoms with Crippen LogP contribution in [0.15, 0.2) is 57.8 Å². The monoisotopic (exact) mass is 322 g/mol. The third-order valence-corrected chi connectivity index (χ3v) is 3.72. The first-order chi connectivity index (χ1) is 11.6. The smallest absolute Gasteiger partial charge is 0.270 e. The number of hydrogen-bond acceptors (Lipinski definition) is 5. The summed E-state index contributed by atoms with van der Waals surface area (Å²) in [5, 5.41) is 13.6. The van der Waals surface area contributed by atoms with Crippen LogP contribution in [0.25, 0.3) is 23.0 Å². The molecule has 3 aromatic rings. The first-order valence-electron chi connectivity index (χ1n) is 7.06. The number of nitrogens with one attached hydrogen (secondary N) is 1. The lowest BCUT2D eigenvalue weighted by Crippen LogP contribution is -2.03. The predicted molar refractivity (Wildman–Crippen MR) is 86.0 cm³/mol. The predicted octanol–water partition coefficient (Wildman–Crippen LogP) is 3.94. The second-order valence-electron chi connectivity index (χ2n) is 5.21. The zero-order valence-electron chi connectivity index (χ0n) is 12.2. The second kappa shape index (κ2) is 5.24. The Morgan fingerprint density at radius 3 is 2.79 bits per heavy atom. The SMILES string of the molecule is O=C1Nc2ccc([N+](=O)[O-])cc2/C1=C\c1ccc(-c2ccoc2)o1. The molecule has 1 amide bonds. The summed E-state index contributed by atoms with van der Waals surface area (Å²) in [6, 6.07) is 9.49. The minimum atomic E-state index is -0.495. The number of nitro groups is 1. The lowest BCUT2D eigenvalue weighted by molar-refractivity contribution is -0.384. The zero-order valence-corrected chi connectivity index (χ0v) is 12.2. The van der Waals surface area contributed by atoms with Crippen LogP contribution >= 0.6 is 0 Å². The molecular formula is C17H10N2O5. The van der Waals surface area contributed by atoms with Crippen molar-refractivity contribution >= 4 is 28.9 Å². The van der Waals surface area contributed by atoms with Crippen molar-refractivity contribution < 1.29 is 18.6 Å². The Kier molecular flexibility index (Phi) is 3.06. The number of rotatable bonds is 3. The van der Waals surface area contributed by atoms with Gasteiger partial charge in [0.25, 0.3) is 11.6 Å². The quantitative estimate of drug-likeness (QED) is 0.447. The number of carbonyl (C=O) groups is 1. The van der Waals surface area contributed by atoms with Gasteiger partial charge in [0.2, 0.25) is 0 Å². The number of carbonyl (C=O) groups excluding carboxylic acids is 1. The van der Waals surface area contributed by atoms with Crippen molar-refractivity contribution in [3.63, 3.8) is 0 Å². The van der Waals surface area contributed by atoms with Crippen LogP contribution in [0.5, 0.6) is 0 Å². The van der Waals surface area contributed by atoms with Crippen molar-refractivity contribution in [3.05, 3.63) is 70.4 Å². The van der Waals surface area contributed by atoms with Crippen molar-refractivity contribution in [3.8, 4) is 11.3 Å². The molecule has 118 valence electrons. The molecule has 1 aliphatic rings. The van der Waals surface area contributed by atoms with Gasteiger partial charge in [-0.25, -0.2) is 0 Å². The molecule has 0 bridgehead atoms. The van der Waals surface area contributed by atoms with Crippen LogP contribution in [0.1, 0.15) is 11.3 Å². The fourth-order valence-electron chi connectivity index (χ4n) is 2.57. The normalized spacial score (nSPS) is 14.7.